The van der Waals surface area contributed by atoms with Gasteiger partial charge in [0, 0.05) is 40.0 Å². The normalized spacial score (nSPS) is 16.6. The van der Waals surface area contributed by atoms with Crippen LogP contribution in [0, 0.1) is 0 Å². The average molecular weight is 276 g/mol. The van der Waals surface area contributed by atoms with E-state index in [1.807, 2.05) is 13.8 Å². The Bertz CT molecular complexity index is 207. The molecule has 0 aromatic carbocycles. The highest BCUT2D eigenvalue weighted by atomic mass is 16.5. The first-order chi connectivity index (χ1) is 9.06. The molecule has 5 nitrogen and oxygen atoms in total. The number of hydrogen-bond donors (Lipinski definition) is 1. The second kappa shape index (κ2) is 10.6. The van der Waals surface area contributed by atoms with Crippen molar-refractivity contribution in [2.24, 2.45) is 5.73 Å². The van der Waals surface area contributed by atoms with Crippen molar-refractivity contribution in [1.29, 1.82) is 0 Å². The molecule has 116 valence electrons. The van der Waals surface area contributed by atoms with Crippen LogP contribution >= 0.6 is 0 Å². The highest BCUT2D eigenvalue weighted by Gasteiger charge is 2.36. The lowest BCUT2D eigenvalue weighted by Gasteiger charge is -2.44. The lowest BCUT2D eigenvalue weighted by atomic mass is 9.93. The fourth-order valence-corrected chi connectivity index (χ4v) is 2.07. The van der Waals surface area contributed by atoms with Gasteiger partial charge in [-0.2, -0.15) is 0 Å². The quantitative estimate of drug-likeness (QED) is 0.541. The van der Waals surface area contributed by atoms with E-state index in [0.29, 0.717) is 19.8 Å². The minimum Gasteiger partial charge on any atom is -0.380 e. The van der Waals surface area contributed by atoms with E-state index in [9.17, 15) is 0 Å². The van der Waals surface area contributed by atoms with Crippen molar-refractivity contribution in [3.8, 4) is 0 Å². The Kier molecular flexibility index (Phi) is 10.5. The number of ether oxygens (including phenoxy) is 3. The minimum atomic E-state index is -0.205. The van der Waals surface area contributed by atoms with Crippen molar-refractivity contribution in [2.45, 2.75) is 39.3 Å². The fraction of sp³-hybridized carbons (Fsp3) is 1.00. The van der Waals surface area contributed by atoms with E-state index in [0.717, 1.165) is 26.3 Å². The van der Waals surface area contributed by atoms with Crippen LogP contribution in [-0.2, 0) is 14.2 Å². The molecule has 0 rings (SSSR count). The van der Waals surface area contributed by atoms with Crippen LogP contribution in [0.2, 0.25) is 0 Å². The van der Waals surface area contributed by atoms with Crippen LogP contribution in [0.15, 0.2) is 0 Å². The summed E-state index contributed by atoms with van der Waals surface area (Å²) in [7, 11) is 1.72. The number of hydrogen-bond acceptors (Lipinski definition) is 5. The number of methoxy groups -OCH3 is 1. The van der Waals surface area contributed by atoms with E-state index in [-0.39, 0.29) is 11.6 Å². The lowest BCUT2D eigenvalue weighted by Crippen LogP contribution is -2.60. The maximum Gasteiger partial charge on any atom is 0.0736 e. The SMILES string of the molecule is CCOCCN(CCOCC)C(C)(CN)C(C)OC. The van der Waals surface area contributed by atoms with Crippen molar-refractivity contribution in [3.63, 3.8) is 0 Å². The van der Waals surface area contributed by atoms with Crippen LogP contribution in [0.25, 0.3) is 0 Å². The molecule has 0 saturated heterocycles. The third-order valence-electron chi connectivity index (χ3n) is 3.78. The highest BCUT2D eigenvalue weighted by Crippen LogP contribution is 2.20. The molecule has 0 aromatic heterocycles. The zero-order chi connectivity index (χ0) is 14.7. The summed E-state index contributed by atoms with van der Waals surface area (Å²) in [6.07, 6.45) is 0.0563. The summed E-state index contributed by atoms with van der Waals surface area (Å²) in [5.74, 6) is 0. The number of nitrogens with two attached hydrogens (primary N) is 1. The Hall–Kier alpha value is -0.200. The van der Waals surface area contributed by atoms with Crippen molar-refractivity contribution in [3.05, 3.63) is 0 Å². The molecule has 2 unspecified atom stereocenters. The van der Waals surface area contributed by atoms with Gasteiger partial charge in [-0.1, -0.05) is 0 Å². The molecule has 0 fully saturated rings. The third-order valence-corrected chi connectivity index (χ3v) is 3.78. The second-order valence-corrected chi connectivity index (χ2v) is 4.82. The Morgan fingerprint density at radius 3 is 1.89 bits per heavy atom. The van der Waals surface area contributed by atoms with Gasteiger partial charge in [-0.25, -0.2) is 0 Å². The van der Waals surface area contributed by atoms with Crippen molar-refractivity contribution >= 4 is 0 Å². The van der Waals surface area contributed by atoms with Crippen LogP contribution in [0.3, 0.4) is 0 Å². The van der Waals surface area contributed by atoms with Gasteiger partial charge in [0.05, 0.1) is 24.9 Å². The molecule has 0 radical (unpaired) electrons. The van der Waals surface area contributed by atoms with Crippen LogP contribution < -0.4 is 5.73 Å². The molecule has 0 aliphatic heterocycles. The Balaban J connectivity index is 4.63. The molecule has 0 bridgehead atoms. The predicted molar refractivity (Wildman–Crippen MR) is 78.5 cm³/mol. The lowest BCUT2D eigenvalue weighted by molar-refractivity contribution is -0.0500. The molecule has 2 atom stereocenters. The van der Waals surface area contributed by atoms with Crippen LogP contribution in [0.5, 0.6) is 0 Å². The van der Waals surface area contributed by atoms with Crippen molar-refractivity contribution < 1.29 is 14.2 Å². The maximum atomic E-state index is 5.99. The molecule has 0 spiro atoms. The Labute approximate surface area is 118 Å². The molecule has 0 aromatic rings. The van der Waals surface area contributed by atoms with Crippen LogP contribution in [0.1, 0.15) is 27.7 Å². The van der Waals surface area contributed by atoms with Gasteiger partial charge in [0.2, 0.25) is 0 Å². The molecule has 0 aliphatic carbocycles. The summed E-state index contributed by atoms with van der Waals surface area (Å²) in [5.41, 5.74) is 5.78. The molecule has 0 amide bonds. The van der Waals surface area contributed by atoms with E-state index in [2.05, 4.69) is 18.7 Å². The Morgan fingerprint density at radius 2 is 1.58 bits per heavy atom. The minimum absolute atomic E-state index is 0.0563. The first-order valence-corrected chi connectivity index (χ1v) is 7.20. The van der Waals surface area contributed by atoms with E-state index >= 15 is 0 Å². The summed E-state index contributed by atoms with van der Waals surface area (Å²) in [6.45, 7) is 13.3. The molecule has 19 heavy (non-hydrogen) atoms. The second-order valence-electron chi connectivity index (χ2n) is 4.82. The molecule has 2 N–H and O–H groups in total. The summed E-state index contributed by atoms with van der Waals surface area (Å²) >= 11 is 0. The summed E-state index contributed by atoms with van der Waals surface area (Å²) < 4.78 is 16.4. The summed E-state index contributed by atoms with van der Waals surface area (Å²) in [6, 6.07) is 0. The van der Waals surface area contributed by atoms with Gasteiger partial charge in [0.25, 0.3) is 0 Å². The topological polar surface area (TPSA) is 57.0 Å². The number of nitrogens with zero attached hydrogens (tertiary/aromatic N) is 1. The van der Waals surface area contributed by atoms with Gasteiger partial charge >= 0.3 is 0 Å². The van der Waals surface area contributed by atoms with Gasteiger partial charge < -0.3 is 19.9 Å². The average Bonchev–Trinajstić information content (AvgIpc) is 2.44. The maximum absolute atomic E-state index is 5.99. The molecular weight excluding hydrogens is 244 g/mol. The molecule has 0 aliphatic rings. The van der Waals surface area contributed by atoms with Crippen LogP contribution in [0.4, 0.5) is 0 Å². The smallest absolute Gasteiger partial charge is 0.0736 e. The van der Waals surface area contributed by atoms with Gasteiger partial charge in [-0.05, 0) is 27.7 Å². The Morgan fingerprint density at radius 1 is 1.11 bits per heavy atom. The van der Waals surface area contributed by atoms with Crippen molar-refractivity contribution in [1.82, 2.24) is 4.90 Å². The highest BCUT2D eigenvalue weighted by molar-refractivity contribution is 4.93. The molecule has 0 heterocycles. The van der Waals surface area contributed by atoms with Crippen LogP contribution in [-0.4, -0.2) is 69.7 Å². The first kappa shape index (κ1) is 18.8. The molecule has 5 heteroatoms. The first-order valence-electron chi connectivity index (χ1n) is 7.20. The van der Waals surface area contributed by atoms with E-state index in [4.69, 9.17) is 19.9 Å². The summed E-state index contributed by atoms with van der Waals surface area (Å²) in [5, 5.41) is 0. The standard InChI is InChI=1S/C14H32N2O3/c1-6-18-10-8-16(9-11-19-7-2)14(4,12-15)13(3)17-5/h13H,6-12,15H2,1-5H3. The van der Waals surface area contributed by atoms with E-state index in [1.54, 1.807) is 7.11 Å². The van der Waals surface area contributed by atoms with Gasteiger partial charge in [-0.15, -0.1) is 0 Å². The number of rotatable bonds is 12. The fourth-order valence-electron chi connectivity index (χ4n) is 2.07. The van der Waals surface area contributed by atoms with Gasteiger partial charge in [0.15, 0.2) is 0 Å². The van der Waals surface area contributed by atoms with Gasteiger partial charge in [0.1, 0.15) is 0 Å². The van der Waals surface area contributed by atoms with E-state index < -0.39 is 0 Å². The van der Waals surface area contributed by atoms with E-state index in [1.165, 1.54) is 0 Å². The zero-order valence-corrected chi connectivity index (χ0v) is 13.3. The zero-order valence-electron chi connectivity index (χ0n) is 13.3. The molecule has 0 saturated carbocycles. The molecular formula is C14H32N2O3. The van der Waals surface area contributed by atoms with Crippen molar-refractivity contribution in [2.75, 3.05) is 53.2 Å². The monoisotopic (exact) mass is 276 g/mol. The third kappa shape index (κ3) is 6.19. The predicted octanol–water partition coefficient (Wildman–Crippen LogP) is 1.11. The summed E-state index contributed by atoms with van der Waals surface area (Å²) in [4.78, 5) is 2.31. The largest absolute Gasteiger partial charge is 0.380 e. The van der Waals surface area contributed by atoms with Gasteiger partial charge in [-0.3, -0.25) is 4.90 Å².